The summed E-state index contributed by atoms with van der Waals surface area (Å²) in [5.74, 6) is -0.121. The van der Waals surface area contributed by atoms with Crippen LogP contribution in [0.25, 0.3) is 0 Å². The standard InChI is InChI=1S/C8H13NO/c1-4-5-6-9-8(10)7(2)3/h5-6H,2,4H2,1,3H3,(H,9,10). The number of hydrogen-bond donors (Lipinski definition) is 1. The maximum Gasteiger partial charge on any atom is 0.250 e. The van der Waals surface area contributed by atoms with Crippen LogP contribution >= 0.6 is 0 Å². The van der Waals surface area contributed by atoms with Crippen molar-refractivity contribution in [2.75, 3.05) is 0 Å². The van der Waals surface area contributed by atoms with Gasteiger partial charge in [0.2, 0.25) is 5.91 Å². The average molecular weight is 139 g/mol. The molecule has 0 rings (SSSR count). The van der Waals surface area contributed by atoms with Crippen LogP contribution in [0.2, 0.25) is 0 Å². The first kappa shape index (κ1) is 8.95. The third kappa shape index (κ3) is 3.89. The molecule has 0 aromatic heterocycles. The van der Waals surface area contributed by atoms with Crippen molar-refractivity contribution in [1.29, 1.82) is 0 Å². The van der Waals surface area contributed by atoms with Gasteiger partial charge in [-0.25, -0.2) is 0 Å². The lowest BCUT2D eigenvalue weighted by atomic mass is 10.3. The average Bonchev–Trinajstić information content (AvgIpc) is 1.88. The normalized spacial score (nSPS) is 9.80. The van der Waals surface area contributed by atoms with Crippen LogP contribution in [0.15, 0.2) is 24.4 Å². The van der Waals surface area contributed by atoms with Gasteiger partial charge in [0.25, 0.3) is 0 Å². The fraction of sp³-hybridized carbons (Fsp3) is 0.375. The Bertz CT molecular complexity index is 159. The summed E-state index contributed by atoms with van der Waals surface area (Å²) in [7, 11) is 0. The van der Waals surface area contributed by atoms with E-state index in [9.17, 15) is 4.79 Å². The molecule has 0 spiro atoms. The van der Waals surface area contributed by atoms with E-state index in [0.29, 0.717) is 5.57 Å². The Balaban J connectivity index is 3.60. The summed E-state index contributed by atoms with van der Waals surface area (Å²) in [6, 6.07) is 0. The first-order valence-corrected chi connectivity index (χ1v) is 3.30. The quantitative estimate of drug-likeness (QED) is 0.591. The summed E-state index contributed by atoms with van der Waals surface area (Å²) in [4.78, 5) is 10.8. The van der Waals surface area contributed by atoms with E-state index in [4.69, 9.17) is 0 Å². The van der Waals surface area contributed by atoms with Gasteiger partial charge in [-0.15, -0.1) is 0 Å². The molecule has 0 unspecified atom stereocenters. The highest BCUT2D eigenvalue weighted by atomic mass is 16.1. The third-order valence-electron chi connectivity index (χ3n) is 0.956. The van der Waals surface area contributed by atoms with E-state index >= 15 is 0 Å². The van der Waals surface area contributed by atoms with Crippen molar-refractivity contribution in [2.45, 2.75) is 20.3 Å². The Morgan fingerprint density at radius 2 is 2.30 bits per heavy atom. The molecule has 1 N–H and O–H groups in total. The summed E-state index contributed by atoms with van der Waals surface area (Å²) in [5, 5.41) is 2.56. The Kier molecular flexibility index (Phi) is 4.29. The number of carbonyl (C=O) groups excluding carboxylic acids is 1. The van der Waals surface area contributed by atoms with Gasteiger partial charge < -0.3 is 5.32 Å². The van der Waals surface area contributed by atoms with Crippen LogP contribution in [-0.2, 0) is 4.79 Å². The van der Waals surface area contributed by atoms with E-state index in [1.807, 2.05) is 13.0 Å². The van der Waals surface area contributed by atoms with Crippen LogP contribution in [0.3, 0.4) is 0 Å². The molecule has 0 aromatic rings. The summed E-state index contributed by atoms with van der Waals surface area (Å²) in [6.07, 6.45) is 4.44. The summed E-state index contributed by atoms with van der Waals surface area (Å²) >= 11 is 0. The predicted octanol–water partition coefficient (Wildman–Crippen LogP) is 1.60. The molecule has 0 radical (unpaired) electrons. The summed E-state index contributed by atoms with van der Waals surface area (Å²) in [5.41, 5.74) is 0.528. The molecule has 2 nitrogen and oxygen atoms in total. The van der Waals surface area contributed by atoms with Gasteiger partial charge in [-0.05, 0) is 13.3 Å². The van der Waals surface area contributed by atoms with E-state index < -0.39 is 0 Å². The second kappa shape index (κ2) is 4.79. The minimum absolute atomic E-state index is 0.121. The van der Waals surface area contributed by atoms with Crippen molar-refractivity contribution >= 4 is 5.91 Å². The van der Waals surface area contributed by atoms with Crippen molar-refractivity contribution in [3.05, 3.63) is 24.4 Å². The monoisotopic (exact) mass is 139 g/mol. The van der Waals surface area contributed by atoms with Gasteiger partial charge in [-0.3, -0.25) is 4.79 Å². The van der Waals surface area contributed by atoms with Crippen molar-refractivity contribution in [2.24, 2.45) is 0 Å². The van der Waals surface area contributed by atoms with Gasteiger partial charge in [-0.1, -0.05) is 19.6 Å². The molecule has 1 amide bonds. The molecule has 0 saturated carbocycles. The number of nitrogens with one attached hydrogen (secondary N) is 1. The number of rotatable bonds is 3. The molecule has 2 heteroatoms. The molecule has 0 heterocycles. The number of amides is 1. The van der Waals surface area contributed by atoms with Crippen LogP contribution in [-0.4, -0.2) is 5.91 Å². The zero-order valence-corrected chi connectivity index (χ0v) is 6.48. The van der Waals surface area contributed by atoms with Crippen molar-refractivity contribution < 1.29 is 4.79 Å². The van der Waals surface area contributed by atoms with Gasteiger partial charge in [0.1, 0.15) is 0 Å². The highest BCUT2D eigenvalue weighted by Crippen LogP contribution is 1.85. The van der Waals surface area contributed by atoms with Gasteiger partial charge in [0.05, 0.1) is 0 Å². The Hall–Kier alpha value is -1.05. The smallest absolute Gasteiger partial charge is 0.250 e. The second-order valence-electron chi connectivity index (χ2n) is 2.06. The Morgan fingerprint density at radius 3 is 2.70 bits per heavy atom. The Morgan fingerprint density at radius 1 is 1.70 bits per heavy atom. The van der Waals surface area contributed by atoms with Crippen molar-refractivity contribution in [3.8, 4) is 0 Å². The highest BCUT2D eigenvalue weighted by Gasteiger charge is 1.94. The number of hydrogen-bond acceptors (Lipinski definition) is 1. The summed E-state index contributed by atoms with van der Waals surface area (Å²) in [6.45, 7) is 7.17. The molecule has 0 bridgehead atoms. The predicted molar refractivity (Wildman–Crippen MR) is 42.4 cm³/mol. The van der Waals surface area contributed by atoms with Crippen LogP contribution in [0, 0.1) is 0 Å². The molecule has 0 aliphatic carbocycles. The largest absolute Gasteiger partial charge is 0.329 e. The topological polar surface area (TPSA) is 29.1 Å². The van der Waals surface area contributed by atoms with E-state index in [1.54, 1.807) is 13.1 Å². The molecule has 0 aromatic carbocycles. The molecule has 10 heavy (non-hydrogen) atoms. The van der Waals surface area contributed by atoms with Gasteiger partial charge in [0, 0.05) is 11.8 Å². The molecule has 0 aliphatic rings. The molecule has 0 atom stereocenters. The molecule has 56 valence electrons. The third-order valence-corrected chi connectivity index (χ3v) is 0.956. The summed E-state index contributed by atoms with van der Waals surface area (Å²) < 4.78 is 0. The minimum atomic E-state index is -0.121. The van der Waals surface area contributed by atoms with E-state index in [0.717, 1.165) is 6.42 Å². The van der Waals surface area contributed by atoms with Crippen LogP contribution in [0.4, 0.5) is 0 Å². The van der Waals surface area contributed by atoms with Gasteiger partial charge >= 0.3 is 0 Å². The minimum Gasteiger partial charge on any atom is -0.329 e. The molecule has 0 fully saturated rings. The van der Waals surface area contributed by atoms with E-state index in [2.05, 4.69) is 11.9 Å². The van der Waals surface area contributed by atoms with Crippen LogP contribution in [0.1, 0.15) is 20.3 Å². The van der Waals surface area contributed by atoms with E-state index in [-0.39, 0.29) is 5.91 Å². The first-order valence-electron chi connectivity index (χ1n) is 3.30. The maximum absolute atomic E-state index is 10.8. The lowest BCUT2D eigenvalue weighted by Crippen LogP contribution is -2.16. The number of carbonyl (C=O) groups is 1. The fourth-order valence-electron chi connectivity index (χ4n) is 0.376. The highest BCUT2D eigenvalue weighted by molar-refractivity contribution is 5.92. The second-order valence-corrected chi connectivity index (χ2v) is 2.06. The Labute approximate surface area is 61.6 Å². The van der Waals surface area contributed by atoms with Crippen LogP contribution < -0.4 is 5.32 Å². The van der Waals surface area contributed by atoms with E-state index in [1.165, 1.54) is 0 Å². The fourth-order valence-corrected chi connectivity index (χ4v) is 0.376. The molecule has 0 saturated heterocycles. The van der Waals surface area contributed by atoms with Gasteiger partial charge in [-0.2, -0.15) is 0 Å². The van der Waals surface area contributed by atoms with Crippen LogP contribution in [0.5, 0.6) is 0 Å². The molecular formula is C8H13NO. The molecule has 0 aliphatic heterocycles. The lowest BCUT2D eigenvalue weighted by molar-refractivity contribution is -0.116. The zero-order valence-electron chi connectivity index (χ0n) is 6.48. The van der Waals surface area contributed by atoms with Crippen molar-refractivity contribution in [3.63, 3.8) is 0 Å². The zero-order chi connectivity index (χ0) is 7.98. The number of allylic oxidation sites excluding steroid dienone is 1. The first-order chi connectivity index (χ1) is 4.68. The maximum atomic E-state index is 10.8. The lowest BCUT2D eigenvalue weighted by Gasteiger charge is -1.95. The van der Waals surface area contributed by atoms with Crippen molar-refractivity contribution in [1.82, 2.24) is 5.32 Å². The molecular weight excluding hydrogens is 126 g/mol. The van der Waals surface area contributed by atoms with Gasteiger partial charge in [0.15, 0.2) is 0 Å². The SMILES string of the molecule is C=C(C)C(=O)NC=CCC.